The van der Waals surface area contributed by atoms with E-state index >= 15 is 0 Å². The van der Waals surface area contributed by atoms with Crippen LogP contribution in [0.2, 0.25) is 5.02 Å². The normalized spacial score (nSPS) is 10.8. The topological polar surface area (TPSA) is 63.8 Å². The lowest BCUT2D eigenvalue weighted by Gasteiger charge is -2.15. The Labute approximate surface area is 115 Å². The van der Waals surface area contributed by atoms with Gasteiger partial charge in [0.05, 0.1) is 10.7 Å². The second-order valence-corrected chi connectivity index (χ2v) is 4.83. The molecule has 0 saturated heterocycles. The molecule has 4 nitrogen and oxygen atoms in total. The van der Waals surface area contributed by atoms with Gasteiger partial charge in [-0.05, 0) is 24.1 Å². The van der Waals surface area contributed by atoms with Crippen molar-refractivity contribution >= 4 is 28.9 Å². The maximum absolute atomic E-state index is 13.2. The number of anilines is 3. The molecule has 0 saturated carbocycles. The van der Waals surface area contributed by atoms with E-state index in [-0.39, 0.29) is 11.7 Å². The van der Waals surface area contributed by atoms with Crippen LogP contribution in [0.3, 0.4) is 0 Å². The van der Waals surface area contributed by atoms with Crippen LogP contribution < -0.4 is 11.1 Å². The molecule has 0 aliphatic carbocycles. The fraction of sp³-hybridized carbons (Fsp3) is 0.231. The molecule has 1 aromatic heterocycles. The first-order valence-corrected chi connectivity index (χ1v) is 6.19. The number of rotatable bonds is 3. The fourth-order valence-corrected chi connectivity index (χ4v) is 1.96. The Hall–Kier alpha value is -1.88. The third-order valence-corrected chi connectivity index (χ3v) is 3.00. The summed E-state index contributed by atoms with van der Waals surface area (Å²) in [4.78, 5) is 8.11. The smallest absolute Gasteiger partial charge is 0.139 e. The summed E-state index contributed by atoms with van der Waals surface area (Å²) in [6, 6.07) is 4.09. The highest BCUT2D eigenvalue weighted by molar-refractivity contribution is 6.33. The number of hydrogen-bond acceptors (Lipinski definition) is 4. The van der Waals surface area contributed by atoms with Gasteiger partial charge in [-0.3, -0.25) is 0 Å². The molecule has 0 bridgehead atoms. The van der Waals surface area contributed by atoms with Crippen molar-refractivity contribution in [3.63, 3.8) is 0 Å². The van der Waals surface area contributed by atoms with Gasteiger partial charge in [-0.2, -0.15) is 0 Å². The van der Waals surface area contributed by atoms with E-state index in [1.165, 1.54) is 24.5 Å². The minimum Gasteiger partial charge on any atom is -0.383 e. The van der Waals surface area contributed by atoms with E-state index in [9.17, 15) is 4.39 Å². The van der Waals surface area contributed by atoms with Gasteiger partial charge in [0.15, 0.2) is 0 Å². The zero-order valence-electron chi connectivity index (χ0n) is 10.6. The number of halogens is 2. The van der Waals surface area contributed by atoms with Gasteiger partial charge < -0.3 is 11.1 Å². The van der Waals surface area contributed by atoms with Crippen molar-refractivity contribution in [3.8, 4) is 0 Å². The van der Waals surface area contributed by atoms with E-state index in [0.29, 0.717) is 22.3 Å². The molecule has 2 aromatic rings. The molecule has 3 N–H and O–H groups in total. The molecule has 0 aliphatic rings. The highest BCUT2D eigenvalue weighted by Gasteiger charge is 2.14. The highest BCUT2D eigenvalue weighted by atomic mass is 35.5. The lowest BCUT2D eigenvalue weighted by atomic mass is 10.0. The van der Waals surface area contributed by atoms with Crippen LogP contribution in [0.25, 0.3) is 0 Å². The van der Waals surface area contributed by atoms with Crippen molar-refractivity contribution in [2.24, 2.45) is 0 Å². The number of nitrogens with one attached hydrogen (secondary N) is 1. The SMILES string of the molecule is CC(C)c1c(N)ncnc1Nc1cc(F)ccc1Cl. The molecule has 0 amide bonds. The van der Waals surface area contributed by atoms with Crippen molar-refractivity contribution in [2.45, 2.75) is 19.8 Å². The molecule has 100 valence electrons. The van der Waals surface area contributed by atoms with Crippen molar-refractivity contribution in [3.05, 3.63) is 40.9 Å². The maximum atomic E-state index is 13.2. The second-order valence-electron chi connectivity index (χ2n) is 4.43. The van der Waals surface area contributed by atoms with Gasteiger partial charge >= 0.3 is 0 Å². The molecule has 1 heterocycles. The standard InChI is InChI=1S/C13H14ClFN4/c1-7(2)11-12(16)17-6-18-13(11)19-10-5-8(15)3-4-9(10)14/h3-7H,1-2H3,(H3,16,17,18,19). The van der Waals surface area contributed by atoms with E-state index in [1.54, 1.807) is 0 Å². The average Bonchev–Trinajstić information content (AvgIpc) is 2.33. The Kier molecular flexibility index (Phi) is 3.85. The summed E-state index contributed by atoms with van der Waals surface area (Å²) in [6.07, 6.45) is 1.36. The Balaban J connectivity index is 2.44. The molecule has 0 spiro atoms. The van der Waals surface area contributed by atoms with Crippen molar-refractivity contribution < 1.29 is 4.39 Å². The van der Waals surface area contributed by atoms with Crippen LogP contribution in [0.5, 0.6) is 0 Å². The van der Waals surface area contributed by atoms with E-state index in [2.05, 4.69) is 15.3 Å². The molecule has 2 rings (SSSR count). The van der Waals surface area contributed by atoms with Gasteiger partial charge in [-0.25, -0.2) is 14.4 Å². The molecule has 1 aromatic carbocycles. The summed E-state index contributed by atoms with van der Waals surface area (Å²) in [7, 11) is 0. The summed E-state index contributed by atoms with van der Waals surface area (Å²) in [6.45, 7) is 3.96. The minimum atomic E-state index is -0.375. The molecule has 0 fully saturated rings. The zero-order valence-corrected chi connectivity index (χ0v) is 11.4. The second kappa shape index (κ2) is 5.40. The predicted octanol–water partition coefficient (Wildman–Crippen LogP) is 3.72. The van der Waals surface area contributed by atoms with Crippen molar-refractivity contribution in [2.75, 3.05) is 11.1 Å². The van der Waals surface area contributed by atoms with Gasteiger partial charge in [0, 0.05) is 5.56 Å². The number of nitrogens with zero attached hydrogens (tertiary/aromatic N) is 2. The Morgan fingerprint density at radius 1 is 1.32 bits per heavy atom. The molecule has 0 radical (unpaired) electrons. The summed E-state index contributed by atoms with van der Waals surface area (Å²) < 4.78 is 13.2. The molecular formula is C13H14ClFN4. The summed E-state index contributed by atoms with van der Waals surface area (Å²) in [5, 5.41) is 3.41. The summed E-state index contributed by atoms with van der Waals surface area (Å²) in [5.74, 6) is 0.700. The van der Waals surface area contributed by atoms with E-state index in [1.807, 2.05) is 13.8 Å². The molecule has 0 aliphatic heterocycles. The van der Waals surface area contributed by atoms with Crippen LogP contribution in [0.4, 0.5) is 21.7 Å². The largest absolute Gasteiger partial charge is 0.383 e. The van der Waals surface area contributed by atoms with E-state index in [4.69, 9.17) is 17.3 Å². The van der Waals surface area contributed by atoms with Gasteiger partial charge in [-0.15, -0.1) is 0 Å². The Bertz CT molecular complexity index is 601. The van der Waals surface area contributed by atoms with Crippen LogP contribution in [0.15, 0.2) is 24.5 Å². The maximum Gasteiger partial charge on any atom is 0.139 e. The number of nitrogen functional groups attached to an aromatic ring is 1. The number of aromatic nitrogens is 2. The minimum absolute atomic E-state index is 0.135. The summed E-state index contributed by atoms with van der Waals surface area (Å²) in [5.41, 5.74) is 7.07. The lowest BCUT2D eigenvalue weighted by molar-refractivity contribution is 0.628. The van der Waals surface area contributed by atoms with Crippen LogP contribution in [0.1, 0.15) is 25.3 Å². The molecule has 0 atom stereocenters. The monoisotopic (exact) mass is 280 g/mol. The Morgan fingerprint density at radius 2 is 2.05 bits per heavy atom. The average molecular weight is 281 g/mol. The third kappa shape index (κ3) is 2.93. The Morgan fingerprint density at radius 3 is 2.74 bits per heavy atom. The molecular weight excluding hydrogens is 267 g/mol. The van der Waals surface area contributed by atoms with Gasteiger partial charge in [0.1, 0.15) is 23.8 Å². The van der Waals surface area contributed by atoms with E-state index < -0.39 is 0 Å². The number of benzene rings is 1. The molecule has 0 unspecified atom stereocenters. The number of nitrogens with two attached hydrogens (primary N) is 1. The first-order chi connectivity index (χ1) is 8.99. The van der Waals surface area contributed by atoms with Crippen LogP contribution in [-0.4, -0.2) is 9.97 Å². The highest BCUT2D eigenvalue weighted by Crippen LogP contribution is 2.31. The van der Waals surface area contributed by atoms with Gasteiger partial charge in [0.25, 0.3) is 0 Å². The zero-order chi connectivity index (χ0) is 14.0. The first-order valence-electron chi connectivity index (χ1n) is 5.81. The first kappa shape index (κ1) is 13.5. The third-order valence-electron chi connectivity index (χ3n) is 2.67. The summed E-state index contributed by atoms with van der Waals surface area (Å²) >= 11 is 6.01. The van der Waals surface area contributed by atoms with Gasteiger partial charge in [0.2, 0.25) is 0 Å². The van der Waals surface area contributed by atoms with Crippen LogP contribution in [0, 0.1) is 5.82 Å². The van der Waals surface area contributed by atoms with Crippen molar-refractivity contribution in [1.29, 1.82) is 0 Å². The number of hydrogen-bond donors (Lipinski definition) is 2. The lowest BCUT2D eigenvalue weighted by Crippen LogP contribution is -2.06. The van der Waals surface area contributed by atoms with Crippen LogP contribution in [-0.2, 0) is 0 Å². The molecule has 6 heteroatoms. The quantitative estimate of drug-likeness (QED) is 0.899. The fourth-order valence-electron chi connectivity index (χ4n) is 1.80. The predicted molar refractivity (Wildman–Crippen MR) is 75.2 cm³/mol. The van der Waals surface area contributed by atoms with Crippen molar-refractivity contribution in [1.82, 2.24) is 9.97 Å². The van der Waals surface area contributed by atoms with Crippen LogP contribution >= 0.6 is 11.6 Å². The molecule has 19 heavy (non-hydrogen) atoms. The van der Waals surface area contributed by atoms with Gasteiger partial charge in [-0.1, -0.05) is 25.4 Å². The van der Waals surface area contributed by atoms with E-state index in [0.717, 1.165) is 5.56 Å².